The number of rotatable bonds is 9. The lowest BCUT2D eigenvalue weighted by Gasteiger charge is -2.07. The highest BCUT2D eigenvalue weighted by Crippen LogP contribution is 2.13. The van der Waals surface area contributed by atoms with Crippen LogP contribution < -0.4 is 0 Å². The molecule has 0 rings (SSSR count). The molecule has 110 valence electrons. The maximum Gasteiger partial charge on any atom is 0.0162 e. The summed E-state index contributed by atoms with van der Waals surface area (Å²) in [6.45, 7) is 9.99. The fourth-order valence-corrected chi connectivity index (χ4v) is 1.76. The molecule has 0 amide bonds. The molecule has 0 radical (unpaired) electrons. The Hall–Kier alpha value is -0.820. The fourth-order valence-electron chi connectivity index (χ4n) is 1.76. The van der Waals surface area contributed by atoms with E-state index in [1.165, 1.54) is 36.8 Å². The predicted octanol–water partition coefficient (Wildman–Crippen LogP) is 5.21. The van der Waals surface area contributed by atoms with Gasteiger partial charge in [0, 0.05) is 6.54 Å². The molecule has 0 saturated heterocycles. The molecule has 0 aromatic rings. The van der Waals surface area contributed by atoms with Crippen molar-refractivity contribution in [1.82, 2.24) is 4.90 Å². The third-order valence-corrected chi connectivity index (χ3v) is 3.41. The first kappa shape index (κ1) is 18.2. The van der Waals surface area contributed by atoms with Crippen LogP contribution in [0.1, 0.15) is 53.4 Å². The van der Waals surface area contributed by atoms with Gasteiger partial charge in [-0.3, -0.25) is 0 Å². The van der Waals surface area contributed by atoms with Gasteiger partial charge in [0.15, 0.2) is 0 Å². The van der Waals surface area contributed by atoms with E-state index in [0.717, 1.165) is 12.5 Å². The summed E-state index contributed by atoms with van der Waals surface area (Å²) in [4.78, 5) is 2.18. The first-order chi connectivity index (χ1) is 8.95. The highest BCUT2D eigenvalue weighted by molar-refractivity contribution is 5.16. The standard InChI is InChI=1S/C18H33N/c1-7-16(2)10-8-11-17(3)12-9-13-18(4)14-15-19(5)6/h9-10,13-14,17H,7-8,11-12,15H2,1-6H3. The predicted molar refractivity (Wildman–Crippen MR) is 88.5 cm³/mol. The number of hydrogen-bond acceptors (Lipinski definition) is 1. The molecule has 1 unspecified atom stereocenters. The lowest BCUT2D eigenvalue weighted by atomic mass is 10.00. The Balaban J connectivity index is 3.89. The van der Waals surface area contributed by atoms with Gasteiger partial charge in [-0.25, -0.2) is 0 Å². The summed E-state index contributed by atoms with van der Waals surface area (Å²) in [6, 6.07) is 0. The van der Waals surface area contributed by atoms with Crippen LogP contribution in [-0.2, 0) is 0 Å². The topological polar surface area (TPSA) is 3.24 Å². The molecule has 0 fully saturated rings. The SMILES string of the molecule is CCC(C)=CCCC(C)CC=CC(C)=CCN(C)C. The van der Waals surface area contributed by atoms with Crippen molar-refractivity contribution < 1.29 is 0 Å². The average Bonchev–Trinajstić information content (AvgIpc) is 2.36. The van der Waals surface area contributed by atoms with Gasteiger partial charge in [0.2, 0.25) is 0 Å². The molecule has 0 aliphatic heterocycles. The minimum Gasteiger partial charge on any atom is -0.306 e. The molecule has 0 aromatic heterocycles. The van der Waals surface area contributed by atoms with E-state index in [2.05, 4.69) is 71.0 Å². The minimum absolute atomic E-state index is 0.777. The Bertz CT molecular complexity index is 308. The molecule has 0 bridgehead atoms. The van der Waals surface area contributed by atoms with E-state index in [1.54, 1.807) is 0 Å². The molecule has 1 nitrogen and oxygen atoms in total. The molecular formula is C18H33N. The summed E-state index contributed by atoms with van der Waals surface area (Å²) in [5.74, 6) is 0.777. The average molecular weight is 263 g/mol. The second-order valence-corrected chi connectivity index (χ2v) is 5.94. The Kier molecular flexibility index (Phi) is 10.6. The third kappa shape index (κ3) is 12.0. The Labute approximate surface area is 121 Å². The zero-order valence-corrected chi connectivity index (χ0v) is 13.9. The van der Waals surface area contributed by atoms with Crippen molar-refractivity contribution in [2.45, 2.75) is 53.4 Å². The molecule has 0 aliphatic rings. The maximum absolute atomic E-state index is 2.39. The number of nitrogens with zero attached hydrogens (tertiary/aromatic N) is 1. The third-order valence-electron chi connectivity index (χ3n) is 3.41. The Morgan fingerprint density at radius 3 is 2.42 bits per heavy atom. The van der Waals surface area contributed by atoms with E-state index in [-0.39, 0.29) is 0 Å². The number of hydrogen-bond donors (Lipinski definition) is 0. The molecular weight excluding hydrogens is 230 g/mol. The summed E-state index contributed by atoms with van der Waals surface area (Å²) in [6.07, 6.45) is 14.1. The van der Waals surface area contributed by atoms with Crippen molar-refractivity contribution >= 4 is 0 Å². The number of likely N-dealkylation sites (N-methyl/N-ethyl adjacent to an activating group) is 1. The van der Waals surface area contributed by atoms with E-state index < -0.39 is 0 Å². The summed E-state index contributed by atoms with van der Waals surface area (Å²) >= 11 is 0. The second kappa shape index (κ2) is 11.0. The van der Waals surface area contributed by atoms with Gasteiger partial charge in [-0.15, -0.1) is 0 Å². The molecule has 1 atom stereocenters. The van der Waals surface area contributed by atoms with Gasteiger partial charge in [0.25, 0.3) is 0 Å². The summed E-state index contributed by atoms with van der Waals surface area (Å²) < 4.78 is 0. The van der Waals surface area contributed by atoms with Crippen LogP contribution in [0.25, 0.3) is 0 Å². The van der Waals surface area contributed by atoms with Gasteiger partial charge >= 0.3 is 0 Å². The molecule has 0 N–H and O–H groups in total. The summed E-state index contributed by atoms with van der Waals surface area (Å²) in [7, 11) is 4.20. The van der Waals surface area contributed by atoms with Crippen molar-refractivity contribution in [3.8, 4) is 0 Å². The highest BCUT2D eigenvalue weighted by Gasteiger charge is 1.98. The number of allylic oxidation sites excluding steroid dienone is 5. The highest BCUT2D eigenvalue weighted by atomic mass is 15.0. The molecule has 0 aliphatic carbocycles. The van der Waals surface area contributed by atoms with Crippen LogP contribution in [0.3, 0.4) is 0 Å². The summed E-state index contributed by atoms with van der Waals surface area (Å²) in [5, 5.41) is 0. The molecule has 0 spiro atoms. The first-order valence-corrected chi connectivity index (χ1v) is 7.59. The quantitative estimate of drug-likeness (QED) is 0.407. The van der Waals surface area contributed by atoms with E-state index in [9.17, 15) is 0 Å². The van der Waals surface area contributed by atoms with Crippen LogP contribution >= 0.6 is 0 Å². The lowest BCUT2D eigenvalue weighted by Crippen LogP contribution is -2.10. The van der Waals surface area contributed by atoms with Crippen molar-refractivity contribution in [1.29, 1.82) is 0 Å². The van der Waals surface area contributed by atoms with Crippen molar-refractivity contribution in [3.63, 3.8) is 0 Å². The van der Waals surface area contributed by atoms with Gasteiger partial charge in [0.1, 0.15) is 0 Å². The fraction of sp³-hybridized carbons (Fsp3) is 0.667. The van der Waals surface area contributed by atoms with Crippen molar-refractivity contribution in [2.75, 3.05) is 20.6 Å². The molecule has 0 heterocycles. The van der Waals surface area contributed by atoms with Gasteiger partial charge < -0.3 is 4.90 Å². The van der Waals surface area contributed by atoms with Crippen LogP contribution in [0.5, 0.6) is 0 Å². The van der Waals surface area contributed by atoms with E-state index >= 15 is 0 Å². The van der Waals surface area contributed by atoms with Crippen LogP contribution in [0.4, 0.5) is 0 Å². The lowest BCUT2D eigenvalue weighted by molar-refractivity contribution is 0.456. The van der Waals surface area contributed by atoms with Gasteiger partial charge in [0.05, 0.1) is 0 Å². The zero-order chi connectivity index (χ0) is 14.7. The van der Waals surface area contributed by atoms with E-state index in [4.69, 9.17) is 0 Å². The van der Waals surface area contributed by atoms with Crippen molar-refractivity contribution in [2.24, 2.45) is 5.92 Å². The first-order valence-electron chi connectivity index (χ1n) is 7.59. The normalized spacial score (nSPS) is 15.5. The van der Waals surface area contributed by atoms with Crippen LogP contribution in [0, 0.1) is 5.92 Å². The van der Waals surface area contributed by atoms with Gasteiger partial charge in [-0.1, -0.05) is 49.3 Å². The monoisotopic (exact) mass is 263 g/mol. The molecule has 0 saturated carbocycles. The Morgan fingerprint density at radius 1 is 1.16 bits per heavy atom. The van der Waals surface area contributed by atoms with Crippen LogP contribution in [-0.4, -0.2) is 25.5 Å². The van der Waals surface area contributed by atoms with E-state index in [1.807, 2.05) is 0 Å². The molecule has 1 heteroatoms. The van der Waals surface area contributed by atoms with E-state index in [0.29, 0.717) is 0 Å². The second-order valence-electron chi connectivity index (χ2n) is 5.94. The van der Waals surface area contributed by atoms with Gasteiger partial charge in [-0.05, 0) is 59.5 Å². The van der Waals surface area contributed by atoms with Crippen LogP contribution in [0.15, 0.2) is 35.5 Å². The van der Waals surface area contributed by atoms with Gasteiger partial charge in [-0.2, -0.15) is 0 Å². The van der Waals surface area contributed by atoms with Crippen LogP contribution in [0.2, 0.25) is 0 Å². The largest absolute Gasteiger partial charge is 0.306 e. The summed E-state index contributed by atoms with van der Waals surface area (Å²) in [5.41, 5.74) is 2.88. The minimum atomic E-state index is 0.777. The molecule has 19 heavy (non-hydrogen) atoms. The zero-order valence-electron chi connectivity index (χ0n) is 13.9. The maximum atomic E-state index is 2.39. The smallest absolute Gasteiger partial charge is 0.0162 e. The Morgan fingerprint density at radius 2 is 1.84 bits per heavy atom. The molecule has 0 aromatic carbocycles. The van der Waals surface area contributed by atoms with Crippen molar-refractivity contribution in [3.05, 3.63) is 35.5 Å².